The van der Waals surface area contributed by atoms with E-state index in [1.165, 1.54) is 14.2 Å². The second-order valence-electron chi connectivity index (χ2n) is 3.34. The molecule has 0 atom stereocenters. The summed E-state index contributed by atoms with van der Waals surface area (Å²) < 4.78 is 0. The maximum absolute atomic E-state index is 8.95. The van der Waals surface area contributed by atoms with Crippen LogP contribution in [0.1, 0.15) is 12.8 Å². The Balaban J connectivity index is 3.07. The molecule has 0 amide bonds. The molecule has 0 N–H and O–H groups in total. The SMILES string of the molecule is CON=C(C#N)C1=CCCC(C(C#N)=NOC)=C1. The highest BCUT2D eigenvalue weighted by Gasteiger charge is 2.15. The first-order chi connectivity index (χ1) is 8.76. The minimum atomic E-state index is 0.171. The molecule has 0 heterocycles. The van der Waals surface area contributed by atoms with Gasteiger partial charge >= 0.3 is 0 Å². The summed E-state index contributed by atoms with van der Waals surface area (Å²) in [6.07, 6.45) is 4.94. The van der Waals surface area contributed by atoms with Gasteiger partial charge in [0.25, 0.3) is 0 Å². The molecule has 0 radical (unpaired) electrons. The zero-order valence-electron chi connectivity index (χ0n) is 10.2. The van der Waals surface area contributed by atoms with Gasteiger partial charge in [0.1, 0.15) is 26.4 Å². The molecule has 6 heteroatoms. The number of rotatable bonds is 4. The number of hydrogen-bond acceptors (Lipinski definition) is 6. The van der Waals surface area contributed by atoms with Gasteiger partial charge in [0.15, 0.2) is 11.4 Å². The van der Waals surface area contributed by atoms with Crippen molar-refractivity contribution in [1.82, 2.24) is 0 Å². The largest absolute Gasteiger partial charge is 0.398 e. The molecule has 0 aromatic rings. The first kappa shape index (κ1) is 13.5. The van der Waals surface area contributed by atoms with Crippen molar-refractivity contribution in [1.29, 1.82) is 10.5 Å². The number of allylic oxidation sites excluding steroid dienone is 4. The van der Waals surface area contributed by atoms with Crippen molar-refractivity contribution in [2.45, 2.75) is 12.8 Å². The average Bonchev–Trinajstić information content (AvgIpc) is 2.42. The van der Waals surface area contributed by atoms with E-state index in [0.29, 0.717) is 18.4 Å². The number of nitrogens with zero attached hydrogens (tertiary/aromatic N) is 4. The summed E-state index contributed by atoms with van der Waals surface area (Å²) in [6.45, 7) is 0. The van der Waals surface area contributed by atoms with Crippen LogP contribution in [-0.2, 0) is 9.68 Å². The van der Waals surface area contributed by atoms with Gasteiger partial charge in [-0.25, -0.2) is 0 Å². The zero-order chi connectivity index (χ0) is 13.4. The highest BCUT2D eigenvalue weighted by atomic mass is 16.6. The van der Waals surface area contributed by atoms with Gasteiger partial charge in [0.2, 0.25) is 0 Å². The summed E-state index contributed by atoms with van der Waals surface area (Å²) in [7, 11) is 2.75. The van der Waals surface area contributed by atoms with E-state index in [-0.39, 0.29) is 11.4 Å². The van der Waals surface area contributed by atoms with Crippen molar-refractivity contribution < 1.29 is 9.68 Å². The molecule has 92 valence electrons. The molecule has 1 aliphatic rings. The van der Waals surface area contributed by atoms with E-state index in [1.807, 2.05) is 18.2 Å². The third kappa shape index (κ3) is 3.19. The van der Waals surface area contributed by atoms with Gasteiger partial charge in [-0.1, -0.05) is 16.4 Å². The molecule has 0 aliphatic heterocycles. The Morgan fingerprint density at radius 3 is 2.33 bits per heavy atom. The minimum Gasteiger partial charge on any atom is -0.398 e. The summed E-state index contributed by atoms with van der Waals surface area (Å²) in [5, 5.41) is 25.2. The smallest absolute Gasteiger partial charge is 0.186 e. The first-order valence-corrected chi connectivity index (χ1v) is 5.20. The molecule has 0 aromatic heterocycles. The third-order valence-electron chi connectivity index (χ3n) is 2.26. The summed E-state index contributed by atoms with van der Waals surface area (Å²) in [5.74, 6) is 0. The van der Waals surface area contributed by atoms with Gasteiger partial charge < -0.3 is 9.68 Å². The Hall–Kier alpha value is -2.60. The molecule has 0 unspecified atom stereocenters. The molecule has 0 fully saturated rings. The topological polar surface area (TPSA) is 90.8 Å². The second-order valence-corrected chi connectivity index (χ2v) is 3.34. The molecule has 18 heavy (non-hydrogen) atoms. The predicted molar refractivity (Wildman–Crippen MR) is 65.5 cm³/mol. The van der Waals surface area contributed by atoms with Crippen molar-refractivity contribution in [3.63, 3.8) is 0 Å². The molecular formula is C12H12N4O2. The Bertz CT molecular complexity index is 515. The maximum Gasteiger partial charge on any atom is 0.186 e. The lowest BCUT2D eigenvalue weighted by atomic mass is 9.94. The van der Waals surface area contributed by atoms with Gasteiger partial charge in [-0.2, -0.15) is 10.5 Å². The quantitative estimate of drug-likeness (QED) is 0.555. The van der Waals surface area contributed by atoms with Crippen LogP contribution in [0.25, 0.3) is 0 Å². The lowest BCUT2D eigenvalue weighted by molar-refractivity contribution is 0.214. The average molecular weight is 244 g/mol. The molecule has 0 aromatic carbocycles. The van der Waals surface area contributed by atoms with Crippen LogP contribution in [0, 0.1) is 22.7 Å². The Morgan fingerprint density at radius 1 is 1.17 bits per heavy atom. The van der Waals surface area contributed by atoms with Crippen molar-refractivity contribution >= 4 is 11.4 Å². The zero-order valence-corrected chi connectivity index (χ0v) is 10.2. The first-order valence-electron chi connectivity index (χ1n) is 5.20. The molecule has 0 saturated carbocycles. The molecule has 0 saturated heterocycles. The Labute approximate surface area is 105 Å². The third-order valence-corrected chi connectivity index (χ3v) is 2.26. The minimum absolute atomic E-state index is 0.171. The predicted octanol–water partition coefficient (Wildman–Crippen LogP) is 1.68. The monoisotopic (exact) mass is 244 g/mol. The molecule has 1 rings (SSSR count). The normalized spacial score (nSPS) is 16.0. The van der Waals surface area contributed by atoms with Crippen LogP contribution in [0.5, 0.6) is 0 Å². The fourth-order valence-corrected chi connectivity index (χ4v) is 1.52. The van der Waals surface area contributed by atoms with E-state index < -0.39 is 0 Å². The van der Waals surface area contributed by atoms with E-state index in [0.717, 1.165) is 5.57 Å². The van der Waals surface area contributed by atoms with E-state index >= 15 is 0 Å². The van der Waals surface area contributed by atoms with Crippen molar-refractivity contribution in [3.8, 4) is 12.1 Å². The molecular weight excluding hydrogens is 232 g/mol. The van der Waals surface area contributed by atoms with E-state index in [9.17, 15) is 0 Å². The summed E-state index contributed by atoms with van der Waals surface area (Å²) >= 11 is 0. The van der Waals surface area contributed by atoms with Crippen LogP contribution in [0.15, 0.2) is 33.6 Å². The Kier molecular flexibility index (Phi) is 5.14. The van der Waals surface area contributed by atoms with Crippen LogP contribution >= 0.6 is 0 Å². The van der Waals surface area contributed by atoms with Crippen LogP contribution in [0.2, 0.25) is 0 Å². The number of hydrogen-bond donors (Lipinski definition) is 0. The molecule has 1 aliphatic carbocycles. The van der Waals surface area contributed by atoms with Gasteiger partial charge in [-0.15, -0.1) is 0 Å². The van der Waals surface area contributed by atoms with Crippen LogP contribution in [-0.4, -0.2) is 25.6 Å². The van der Waals surface area contributed by atoms with Gasteiger partial charge in [0, 0.05) is 5.57 Å². The number of oxime groups is 2. The van der Waals surface area contributed by atoms with Crippen molar-refractivity contribution in [3.05, 3.63) is 23.3 Å². The van der Waals surface area contributed by atoms with E-state index in [1.54, 1.807) is 6.08 Å². The van der Waals surface area contributed by atoms with E-state index in [2.05, 4.69) is 20.0 Å². The van der Waals surface area contributed by atoms with Crippen LogP contribution in [0.4, 0.5) is 0 Å². The summed E-state index contributed by atoms with van der Waals surface area (Å²) in [4.78, 5) is 9.20. The fourth-order valence-electron chi connectivity index (χ4n) is 1.52. The molecule has 0 spiro atoms. The van der Waals surface area contributed by atoms with Crippen molar-refractivity contribution in [2.75, 3.05) is 14.2 Å². The standard InChI is InChI=1S/C12H12N4O2/c1-17-15-11(7-13)9-4-3-5-10(6-9)12(8-14)16-18-2/h4,6H,3,5H2,1-2H3. The van der Waals surface area contributed by atoms with Gasteiger partial charge in [-0.3, -0.25) is 0 Å². The lowest BCUT2D eigenvalue weighted by Gasteiger charge is -2.10. The fraction of sp³-hybridized carbons (Fsp3) is 0.333. The Morgan fingerprint density at radius 2 is 1.78 bits per heavy atom. The second kappa shape index (κ2) is 6.87. The highest BCUT2D eigenvalue weighted by molar-refractivity contribution is 6.16. The summed E-state index contributed by atoms with van der Waals surface area (Å²) in [6, 6.07) is 3.90. The lowest BCUT2D eigenvalue weighted by Crippen LogP contribution is -2.08. The van der Waals surface area contributed by atoms with Gasteiger partial charge in [0.05, 0.1) is 0 Å². The highest BCUT2D eigenvalue weighted by Crippen LogP contribution is 2.20. The molecule has 0 bridgehead atoms. The van der Waals surface area contributed by atoms with Crippen LogP contribution < -0.4 is 0 Å². The summed E-state index contributed by atoms with van der Waals surface area (Å²) in [5.41, 5.74) is 1.72. The van der Waals surface area contributed by atoms with Crippen LogP contribution in [0.3, 0.4) is 0 Å². The van der Waals surface area contributed by atoms with Crippen molar-refractivity contribution in [2.24, 2.45) is 10.3 Å². The molecule has 6 nitrogen and oxygen atoms in total. The number of nitriles is 2. The maximum atomic E-state index is 8.95. The van der Waals surface area contributed by atoms with Gasteiger partial charge in [-0.05, 0) is 24.5 Å². The van der Waals surface area contributed by atoms with E-state index in [4.69, 9.17) is 10.5 Å².